The van der Waals surface area contributed by atoms with Crippen molar-refractivity contribution >= 4 is 5.91 Å². The highest BCUT2D eigenvalue weighted by Gasteiger charge is 2.07. The molecule has 0 heterocycles. The third-order valence-corrected chi connectivity index (χ3v) is 1.46. The van der Waals surface area contributed by atoms with Crippen molar-refractivity contribution in [3.8, 4) is 0 Å². The highest BCUT2D eigenvalue weighted by Crippen LogP contribution is 2.02. The van der Waals surface area contributed by atoms with Gasteiger partial charge >= 0.3 is 0 Å². The zero-order chi connectivity index (χ0) is 9.56. The monoisotopic (exact) mass is 174 g/mol. The SMILES string of the molecule is CC(C)CC(O)CNC(=O)CN. The number of aliphatic hydroxyl groups excluding tert-OH is 1. The minimum atomic E-state index is -0.458. The largest absolute Gasteiger partial charge is 0.391 e. The van der Waals surface area contributed by atoms with Crippen molar-refractivity contribution in [2.24, 2.45) is 11.7 Å². The maximum atomic E-state index is 10.7. The molecule has 72 valence electrons. The molecule has 0 aliphatic carbocycles. The van der Waals surface area contributed by atoms with Crippen LogP contribution in [0.4, 0.5) is 0 Å². The summed E-state index contributed by atoms with van der Waals surface area (Å²) in [4.78, 5) is 10.7. The van der Waals surface area contributed by atoms with Crippen molar-refractivity contribution in [2.75, 3.05) is 13.1 Å². The van der Waals surface area contributed by atoms with Crippen LogP contribution in [0.1, 0.15) is 20.3 Å². The minimum absolute atomic E-state index is 0.0194. The van der Waals surface area contributed by atoms with Crippen LogP contribution < -0.4 is 11.1 Å². The molecular formula is C8H18N2O2. The predicted octanol–water partition coefficient (Wildman–Crippen LogP) is -0.532. The summed E-state index contributed by atoms with van der Waals surface area (Å²) < 4.78 is 0. The second-order valence-corrected chi connectivity index (χ2v) is 3.29. The van der Waals surface area contributed by atoms with Crippen LogP contribution in [0, 0.1) is 5.92 Å². The summed E-state index contributed by atoms with van der Waals surface area (Å²) in [5.41, 5.74) is 5.07. The number of rotatable bonds is 5. The number of amides is 1. The fraction of sp³-hybridized carbons (Fsp3) is 0.875. The van der Waals surface area contributed by atoms with Crippen LogP contribution in [-0.2, 0) is 4.79 Å². The standard InChI is InChI=1S/C8H18N2O2/c1-6(2)3-7(11)5-10-8(12)4-9/h6-7,11H,3-5,9H2,1-2H3,(H,10,12). The molecule has 0 bridgehead atoms. The van der Waals surface area contributed by atoms with Gasteiger partial charge in [-0.2, -0.15) is 0 Å². The van der Waals surface area contributed by atoms with E-state index in [4.69, 9.17) is 5.73 Å². The molecule has 1 amide bonds. The average Bonchev–Trinajstić information content (AvgIpc) is 1.99. The Bertz CT molecular complexity index is 137. The summed E-state index contributed by atoms with van der Waals surface area (Å²) in [7, 11) is 0. The van der Waals surface area contributed by atoms with Crippen LogP contribution in [0.5, 0.6) is 0 Å². The highest BCUT2D eigenvalue weighted by atomic mass is 16.3. The third-order valence-electron chi connectivity index (χ3n) is 1.46. The van der Waals surface area contributed by atoms with E-state index in [1.807, 2.05) is 13.8 Å². The van der Waals surface area contributed by atoms with E-state index in [0.717, 1.165) is 0 Å². The lowest BCUT2D eigenvalue weighted by atomic mass is 10.1. The number of hydrogen-bond acceptors (Lipinski definition) is 3. The molecule has 1 atom stereocenters. The Morgan fingerprint density at radius 2 is 2.17 bits per heavy atom. The summed E-state index contributed by atoms with van der Waals surface area (Å²) in [6.07, 6.45) is 0.241. The Balaban J connectivity index is 3.43. The first kappa shape index (κ1) is 11.4. The molecule has 0 radical (unpaired) electrons. The number of hydrogen-bond donors (Lipinski definition) is 3. The van der Waals surface area contributed by atoms with E-state index < -0.39 is 6.10 Å². The van der Waals surface area contributed by atoms with Crippen LogP contribution in [0.25, 0.3) is 0 Å². The van der Waals surface area contributed by atoms with Gasteiger partial charge in [0.15, 0.2) is 0 Å². The van der Waals surface area contributed by atoms with Crippen LogP contribution in [0.15, 0.2) is 0 Å². The molecule has 1 unspecified atom stereocenters. The van der Waals surface area contributed by atoms with Crippen molar-refractivity contribution in [3.05, 3.63) is 0 Å². The first-order valence-electron chi connectivity index (χ1n) is 4.21. The van der Waals surface area contributed by atoms with Gasteiger partial charge in [-0.25, -0.2) is 0 Å². The van der Waals surface area contributed by atoms with Gasteiger partial charge in [0.05, 0.1) is 12.6 Å². The Hall–Kier alpha value is -0.610. The number of carbonyl (C=O) groups excluding carboxylic acids is 1. The molecular weight excluding hydrogens is 156 g/mol. The lowest BCUT2D eigenvalue weighted by Gasteiger charge is -2.13. The highest BCUT2D eigenvalue weighted by molar-refractivity contribution is 5.77. The number of aliphatic hydroxyl groups is 1. The maximum absolute atomic E-state index is 10.7. The molecule has 0 rings (SSSR count). The van der Waals surface area contributed by atoms with Crippen LogP contribution in [0.2, 0.25) is 0 Å². The van der Waals surface area contributed by atoms with E-state index in [2.05, 4.69) is 5.32 Å². The van der Waals surface area contributed by atoms with Crippen molar-refractivity contribution in [3.63, 3.8) is 0 Å². The van der Waals surface area contributed by atoms with Gasteiger partial charge in [0, 0.05) is 6.54 Å². The normalized spacial score (nSPS) is 13.1. The minimum Gasteiger partial charge on any atom is -0.391 e. The molecule has 4 heteroatoms. The Kier molecular flexibility index (Phi) is 5.66. The zero-order valence-corrected chi connectivity index (χ0v) is 7.71. The van der Waals surface area contributed by atoms with Gasteiger partial charge in [-0.3, -0.25) is 4.79 Å². The van der Waals surface area contributed by atoms with Gasteiger partial charge in [0.1, 0.15) is 0 Å². The lowest BCUT2D eigenvalue weighted by molar-refractivity contribution is -0.120. The second-order valence-electron chi connectivity index (χ2n) is 3.29. The molecule has 12 heavy (non-hydrogen) atoms. The predicted molar refractivity (Wildman–Crippen MR) is 47.5 cm³/mol. The van der Waals surface area contributed by atoms with Crippen molar-refractivity contribution in [1.82, 2.24) is 5.32 Å². The van der Waals surface area contributed by atoms with E-state index in [9.17, 15) is 9.90 Å². The molecule has 0 aromatic carbocycles. The van der Waals surface area contributed by atoms with Crippen molar-refractivity contribution in [1.29, 1.82) is 0 Å². The molecule has 0 fully saturated rings. The molecule has 0 aliphatic rings. The molecule has 0 saturated carbocycles. The summed E-state index contributed by atoms with van der Waals surface area (Å²) in [6.45, 7) is 4.32. The summed E-state index contributed by atoms with van der Waals surface area (Å²) in [5, 5.41) is 11.8. The molecule has 0 aromatic heterocycles. The second kappa shape index (κ2) is 5.97. The Morgan fingerprint density at radius 1 is 1.58 bits per heavy atom. The van der Waals surface area contributed by atoms with Gasteiger partial charge < -0.3 is 16.2 Å². The van der Waals surface area contributed by atoms with E-state index in [-0.39, 0.29) is 12.5 Å². The quantitative estimate of drug-likeness (QED) is 0.524. The molecule has 0 saturated heterocycles. The average molecular weight is 174 g/mol. The summed E-state index contributed by atoms with van der Waals surface area (Å²) >= 11 is 0. The summed E-state index contributed by atoms with van der Waals surface area (Å²) in [6, 6.07) is 0. The molecule has 0 aliphatic heterocycles. The topological polar surface area (TPSA) is 75.3 Å². The Morgan fingerprint density at radius 3 is 2.58 bits per heavy atom. The van der Waals surface area contributed by atoms with Gasteiger partial charge in [-0.15, -0.1) is 0 Å². The first-order valence-corrected chi connectivity index (χ1v) is 4.21. The van der Waals surface area contributed by atoms with E-state index in [0.29, 0.717) is 18.9 Å². The molecule has 0 spiro atoms. The van der Waals surface area contributed by atoms with E-state index in [1.54, 1.807) is 0 Å². The van der Waals surface area contributed by atoms with Gasteiger partial charge in [-0.1, -0.05) is 13.8 Å². The van der Waals surface area contributed by atoms with Crippen LogP contribution in [-0.4, -0.2) is 30.2 Å². The summed E-state index contributed by atoms with van der Waals surface area (Å²) in [5.74, 6) is 0.215. The molecule has 4 N–H and O–H groups in total. The number of carbonyl (C=O) groups is 1. The van der Waals surface area contributed by atoms with E-state index in [1.165, 1.54) is 0 Å². The molecule has 0 aromatic rings. The van der Waals surface area contributed by atoms with Crippen molar-refractivity contribution in [2.45, 2.75) is 26.4 Å². The fourth-order valence-corrected chi connectivity index (χ4v) is 0.931. The fourth-order valence-electron chi connectivity index (χ4n) is 0.931. The lowest BCUT2D eigenvalue weighted by Crippen LogP contribution is -2.36. The van der Waals surface area contributed by atoms with E-state index >= 15 is 0 Å². The Labute approximate surface area is 73.1 Å². The van der Waals surface area contributed by atoms with Gasteiger partial charge in [0.25, 0.3) is 0 Å². The maximum Gasteiger partial charge on any atom is 0.233 e. The number of nitrogens with two attached hydrogens (primary N) is 1. The van der Waals surface area contributed by atoms with Gasteiger partial charge in [-0.05, 0) is 12.3 Å². The van der Waals surface area contributed by atoms with Crippen LogP contribution in [0.3, 0.4) is 0 Å². The van der Waals surface area contributed by atoms with Gasteiger partial charge in [0.2, 0.25) is 5.91 Å². The molecule has 4 nitrogen and oxygen atoms in total. The van der Waals surface area contributed by atoms with Crippen molar-refractivity contribution < 1.29 is 9.90 Å². The number of nitrogens with one attached hydrogen (secondary N) is 1. The first-order chi connectivity index (χ1) is 5.56. The zero-order valence-electron chi connectivity index (χ0n) is 7.71. The smallest absolute Gasteiger partial charge is 0.233 e. The van der Waals surface area contributed by atoms with Crippen LogP contribution >= 0.6 is 0 Å². The third kappa shape index (κ3) is 6.12.